The zero-order chi connectivity index (χ0) is 14.8. The Balaban J connectivity index is 1.96. The minimum Gasteiger partial charge on any atom is -0.493 e. The molecule has 0 radical (unpaired) electrons. The molecule has 1 aromatic carbocycles. The zero-order valence-electron chi connectivity index (χ0n) is 12.0. The lowest BCUT2D eigenvalue weighted by molar-refractivity contribution is 0.109. The summed E-state index contributed by atoms with van der Waals surface area (Å²) in [6.07, 6.45) is 2.66. The van der Waals surface area contributed by atoms with Gasteiger partial charge in [-0.2, -0.15) is 5.10 Å². The minimum atomic E-state index is -0.670. The lowest BCUT2D eigenvalue weighted by Crippen LogP contribution is -2.22. The highest BCUT2D eigenvalue weighted by atomic mass is 35.5. The van der Waals surface area contributed by atoms with Crippen molar-refractivity contribution in [1.82, 2.24) is 9.78 Å². The van der Waals surface area contributed by atoms with E-state index in [1.165, 1.54) is 0 Å². The molecule has 2 aromatic rings. The second-order valence-corrected chi connectivity index (χ2v) is 5.73. The fourth-order valence-electron chi connectivity index (χ4n) is 2.94. The van der Waals surface area contributed by atoms with Gasteiger partial charge in [-0.1, -0.05) is 36.7 Å². The first-order valence-electron chi connectivity index (χ1n) is 7.33. The molecule has 0 saturated heterocycles. The second kappa shape index (κ2) is 6.08. The van der Waals surface area contributed by atoms with Crippen LogP contribution in [0.15, 0.2) is 30.5 Å². The molecule has 21 heavy (non-hydrogen) atoms. The topological polar surface area (TPSA) is 47.3 Å². The Morgan fingerprint density at radius 1 is 1.48 bits per heavy atom. The van der Waals surface area contributed by atoms with Crippen LogP contribution in [-0.4, -0.2) is 21.5 Å². The van der Waals surface area contributed by atoms with Crippen molar-refractivity contribution in [2.24, 2.45) is 0 Å². The van der Waals surface area contributed by atoms with E-state index in [9.17, 15) is 5.11 Å². The number of nitrogens with zero attached hydrogens (tertiary/aromatic N) is 2. The van der Waals surface area contributed by atoms with Crippen molar-refractivity contribution in [2.45, 2.75) is 38.3 Å². The van der Waals surface area contributed by atoms with Crippen LogP contribution in [0.4, 0.5) is 0 Å². The molecule has 3 rings (SSSR count). The third-order valence-electron chi connectivity index (χ3n) is 3.93. The summed E-state index contributed by atoms with van der Waals surface area (Å²) in [5.41, 5.74) is 1.75. The molecule has 2 heterocycles. The van der Waals surface area contributed by atoms with E-state index in [0.717, 1.165) is 30.7 Å². The number of aryl methyl sites for hydroxylation is 1. The van der Waals surface area contributed by atoms with Gasteiger partial charge >= 0.3 is 0 Å². The largest absolute Gasteiger partial charge is 0.493 e. The summed E-state index contributed by atoms with van der Waals surface area (Å²) in [7, 11) is 0. The van der Waals surface area contributed by atoms with E-state index in [1.807, 2.05) is 28.9 Å². The van der Waals surface area contributed by atoms with E-state index in [-0.39, 0.29) is 5.92 Å². The molecule has 5 heteroatoms. The molecular formula is C16H19ClN2O2. The first kappa shape index (κ1) is 14.4. The molecule has 1 aliphatic rings. The van der Waals surface area contributed by atoms with Gasteiger partial charge in [0.05, 0.1) is 23.5 Å². The van der Waals surface area contributed by atoms with Gasteiger partial charge in [-0.05, 0) is 18.9 Å². The maximum atomic E-state index is 10.9. The number of benzene rings is 1. The third kappa shape index (κ3) is 2.65. The number of aliphatic hydroxyl groups excluding tert-OH is 1. The van der Waals surface area contributed by atoms with Gasteiger partial charge in [0.1, 0.15) is 11.9 Å². The molecule has 2 atom stereocenters. The van der Waals surface area contributed by atoms with Crippen molar-refractivity contribution in [3.8, 4) is 5.75 Å². The van der Waals surface area contributed by atoms with Crippen LogP contribution in [0, 0.1) is 0 Å². The maximum Gasteiger partial charge on any atom is 0.122 e. The predicted octanol–water partition coefficient (Wildman–Crippen LogP) is 3.55. The first-order chi connectivity index (χ1) is 10.2. The third-order valence-corrected chi connectivity index (χ3v) is 4.23. The summed E-state index contributed by atoms with van der Waals surface area (Å²) in [6, 6.07) is 7.87. The van der Waals surface area contributed by atoms with E-state index in [0.29, 0.717) is 17.3 Å². The van der Waals surface area contributed by atoms with E-state index < -0.39 is 6.10 Å². The Labute approximate surface area is 129 Å². The highest BCUT2D eigenvalue weighted by Crippen LogP contribution is 2.42. The number of aliphatic hydroxyl groups is 1. The molecule has 1 aromatic heterocycles. The van der Waals surface area contributed by atoms with Gasteiger partial charge in [-0.15, -0.1) is 0 Å². The lowest BCUT2D eigenvalue weighted by Gasteiger charge is -2.30. The highest BCUT2D eigenvalue weighted by molar-refractivity contribution is 6.31. The number of aromatic nitrogens is 2. The average molecular weight is 307 g/mol. The quantitative estimate of drug-likeness (QED) is 0.939. The number of hydrogen-bond donors (Lipinski definition) is 1. The summed E-state index contributed by atoms with van der Waals surface area (Å²) in [5, 5.41) is 15.7. The number of para-hydroxylation sites is 1. The summed E-state index contributed by atoms with van der Waals surface area (Å²) in [5.74, 6) is 0.838. The molecule has 112 valence electrons. The van der Waals surface area contributed by atoms with Crippen LogP contribution < -0.4 is 4.74 Å². The Kier molecular flexibility index (Phi) is 4.17. The van der Waals surface area contributed by atoms with Crippen LogP contribution in [0.25, 0.3) is 0 Å². The maximum absolute atomic E-state index is 10.9. The standard InChI is InChI=1S/C16H19ClN2O2/c1-2-8-19-15(13(17)10-18-19)16(20)12-7-9-21-14-6-4-3-5-11(12)14/h3-6,10,12,16,20H,2,7-9H2,1H3. The Hall–Kier alpha value is -1.52. The van der Waals surface area contributed by atoms with E-state index >= 15 is 0 Å². The predicted molar refractivity (Wildman–Crippen MR) is 81.8 cm³/mol. The lowest BCUT2D eigenvalue weighted by atomic mass is 9.87. The molecule has 0 amide bonds. The first-order valence-corrected chi connectivity index (χ1v) is 7.71. The normalized spacial score (nSPS) is 18.9. The summed E-state index contributed by atoms with van der Waals surface area (Å²) in [4.78, 5) is 0. The van der Waals surface area contributed by atoms with Crippen LogP contribution >= 0.6 is 11.6 Å². The number of fused-ring (bicyclic) bond motifs is 1. The van der Waals surface area contributed by atoms with Gasteiger partial charge in [-0.25, -0.2) is 0 Å². The van der Waals surface area contributed by atoms with E-state index in [4.69, 9.17) is 16.3 Å². The average Bonchev–Trinajstić information content (AvgIpc) is 2.87. The van der Waals surface area contributed by atoms with Crippen LogP contribution in [-0.2, 0) is 6.54 Å². The van der Waals surface area contributed by atoms with Crippen molar-refractivity contribution in [1.29, 1.82) is 0 Å². The molecule has 0 fully saturated rings. The molecule has 0 spiro atoms. The fraction of sp³-hybridized carbons (Fsp3) is 0.438. The number of hydrogen-bond acceptors (Lipinski definition) is 3. The van der Waals surface area contributed by atoms with Gasteiger partial charge in [0.2, 0.25) is 0 Å². The molecule has 1 N–H and O–H groups in total. The fourth-order valence-corrected chi connectivity index (χ4v) is 3.20. The monoisotopic (exact) mass is 306 g/mol. The Morgan fingerprint density at radius 2 is 2.29 bits per heavy atom. The van der Waals surface area contributed by atoms with E-state index in [2.05, 4.69) is 12.0 Å². The van der Waals surface area contributed by atoms with Gasteiger partial charge in [0.15, 0.2) is 0 Å². The second-order valence-electron chi connectivity index (χ2n) is 5.33. The summed E-state index contributed by atoms with van der Waals surface area (Å²) in [6.45, 7) is 3.44. The van der Waals surface area contributed by atoms with Crippen molar-refractivity contribution in [3.05, 3.63) is 46.7 Å². The van der Waals surface area contributed by atoms with Gasteiger partial charge in [0.25, 0.3) is 0 Å². The molecule has 0 saturated carbocycles. The van der Waals surface area contributed by atoms with Gasteiger partial charge in [0, 0.05) is 18.0 Å². The SMILES string of the molecule is CCCn1ncc(Cl)c1C(O)C1CCOc2ccccc21. The molecule has 1 aliphatic heterocycles. The van der Waals surface area contributed by atoms with Crippen molar-refractivity contribution in [3.63, 3.8) is 0 Å². The van der Waals surface area contributed by atoms with Crippen molar-refractivity contribution in [2.75, 3.05) is 6.61 Å². The Morgan fingerprint density at radius 3 is 3.10 bits per heavy atom. The summed E-state index contributed by atoms with van der Waals surface area (Å²) >= 11 is 6.25. The van der Waals surface area contributed by atoms with E-state index in [1.54, 1.807) is 6.20 Å². The number of ether oxygens (including phenoxy) is 1. The summed E-state index contributed by atoms with van der Waals surface area (Å²) < 4.78 is 7.47. The smallest absolute Gasteiger partial charge is 0.122 e. The van der Waals surface area contributed by atoms with Crippen LogP contribution in [0.1, 0.15) is 43.0 Å². The highest BCUT2D eigenvalue weighted by Gasteiger charge is 2.32. The van der Waals surface area contributed by atoms with Gasteiger partial charge in [-0.3, -0.25) is 4.68 Å². The number of halogens is 1. The molecule has 0 bridgehead atoms. The molecular weight excluding hydrogens is 288 g/mol. The van der Waals surface area contributed by atoms with Crippen LogP contribution in [0.2, 0.25) is 5.02 Å². The van der Waals surface area contributed by atoms with Crippen LogP contribution in [0.5, 0.6) is 5.75 Å². The zero-order valence-corrected chi connectivity index (χ0v) is 12.8. The molecule has 0 aliphatic carbocycles. The van der Waals surface area contributed by atoms with Crippen LogP contribution in [0.3, 0.4) is 0 Å². The van der Waals surface area contributed by atoms with Gasteiger partial charge < -0.3 is 9.84 Å². The molecule has 2 unspecified atom stereocenters. The minimum absolute atomic E-state index is 0.0141. The van der Waals surface area contributed by atoms with Crippen molar-refractivity contribution >= 4 is 11.6 Å². The molecule has 4 nitrogen and oxygen atoms in total. The number of rotatable bonds is 4. The Bertz CT molecular complexity index is 626. The van der Waals surface area contributed by atoms with Crippen molar-refractivity contribution < 1.29 is 9.84 Å².